The van der Waals surface area contributed by atoms with Crippen molar-refractivity contribution in [1.29, 1.82) is 0 Å². The van der Waals surface area contributed by atoms with Crippen LogP contribution in [0.1, 0.15) is 10.4 Å². The highest BCUT2D eigenvalue weighted by molar-refractivity contribution is 7.15. The van der Waals surface area contributed by atoms with E-state index < -0.39 is 0 Å². The van der Waals surface area contributed by atoms with Gasteiger partial charge in [0.2, 0.25) is 5.96 Å². The standard InChI is InChI=1S/C13H14N4S/c1-9-5-6-12(18-9)11-4-2-3-10(7-11)8-16-17-13(14)15/h2-8H,1H3,(H4,14,15,17). The summed E-state index contributed by atoms with van der Waals surface area (Å²) >= 11 is 1.77. The highest BCUT2D eigenvalue weighted by atomic mass is 32.1. The maximum Gasteiger partial charge on any atom is 0.211 e. The van der Waals surface area contributed by atoms with E-state index in [1.807, 2.05) is 12.1 Å². The number of nitrogens with two attached hydrogens (primary N) is 2. The van der Waals surface area contributed by atoms with E-state index in [9.17, 15) is 0 Å². The molecule has 1 aromatic heterocycles. The first-order valence-corrected chi connectivity index (χ1v) is 6.25. The number of aryl methyl sites for hydroxylation is 1. The Morgan fingerprint density at radius 3 is 2.72 bits per heavy atom. The summed E-state index contributed by atoms with van der Waals surface area (Å²) in [7, 11) is 0. The summed E-state index contributed by atoms with van der Waals surface area (Å²) in [5.41, 5.74) is 12.5. The van der Waals surface area contributed by atoms with Crippen molar-refractivity contribution in [2.45, 2.75) is 6.92 Å². The first-order chi connectivity index (χ1) is 8.65. The Kier molecular flexibility index (Phi) is 3.74. The number of hydrogen-bond donors (Lipinski definition) is 2. The molecular formula is C13H14N4S. The fourth-order valence-electron chi connectivity index (χ4n) is 1.52. The van der Waals surface area contributed by atoms with E-state index in [4.69, 9.17) is 11.5 Å². The molecule has 0 aliphatic carbocycles. The second-order valence-corrected chi connectivity index (χ2v) is 5.09. The molecule has 0 saturated carbocycles. The van der Waals surface area contributed by atoms with Crippen molar-refractivity contribution in [3.8, 4) is 10.4 Å². The molecule has 5 heteroatoms. The van der Waals surface area contributed by atoms with Crippen LogP contribution >= 0.6 is 11.3 Å². The highest BCUT2D eigenvalue weighted by Gasteiger charge is 2.00. The lowest BCUT2D eigenvalue weighted by Gasteiger charge is -1.98. The van der Waals surface area contributed by atoms with Crippen molar-refractivity contribution in [2.75, 3.05) is 0 Å². The van der Waals surface area contributed by atoms with E-state index in [1.54, 1.807) is 17.6 Å². The zero-order valence-electron chi connectivity index (χ0n) is 10.00. The van der Waals surface area contributed by atoms with Gasteiger partial charge >= 0.3 is 0 Å². The van der Waals surface area contributed by atoms with Gasteiger partial charge in [0.25, 0.3) is 0 Å². The minimum Gasteiger partial charge on any atom is -0.369 e. The molecule has 2 rings (SSSR count). The van der Waals surface area contributed by atoms with Gasteiger partial charge in [0.05, 0.1) is 6.21 Å². The van der Waals surface area contributed by atoms with Crippen molar-refractivity contribution in [3.63, 3.8) is 0 Å². The Balaban J connectivity index is 2.25. The highest BCUT2D eigenvalue weighted by Crippen LogP contribution is 2.27. The summed E-state index contributed by atoms with van der Waals surface area (Å²) in [6, 6.07) is 12.3. The van der Waals surface area contributed by atoms with Gasteiger partial charge in [-0.1, -0.05) is 18.2 Å². The largest absolute Gasteiger partial charge is 0.369 e. The third kappa shape index (κ3) is 3.18. The van der Waals surface area contributed by atoms with Crippen LogP contribution in [-0.4, -0.2) is 12.2 Å². The topological polar surface area (TPSA) is 76.8 Å². The quantitative estimate of drug-likeness (QED) is 0.503. The number of rotatable bonds is 3. The summed E-state index contributed by atoms with van der Waals surface area (Å²) in [5, 5.41) is 7.37. The Labute approximate surface area is 110 Å². The molecule has 1 aromatic carbocycles. The molecule has 2 aromatic rings. The van der Waals surface area contributed by atoms with Crippen molar-refractivity contribution in [1.82, 2.24) is 0 Å². The maximum atomic E-state index is 5.20. The lowest BCUT2D eigenvalue weighted by Crippen LogP contribution is -2.21. The molecule has 0 fully saturated rings. The van der Waals surface area contributed by atoms with Crippen LogP contribution in [-0.2, 0) is 0 Å². The van der Waals surface area contributed by atoms with Gasteiger partial charge in [-0.2, -0.15) is 5.10 Å². The van der Waals surface area contributed by atoms with E-state index in [0.29, 0.717) is 0 Å². The van der Waals surface area contributed by atoms with Gasteiger partial charge in [-0.15, -0.1) is 16.4 Å². The predicted octanol–water partition coefficient (Wildman–Crippen LogP) is 2.33. The smallest absolute Gasteiger partial charge is 0.211 e. The lowest BCUT2D eigenvalue weighted by molar-refractivity contribution is 1.21. The summed E-state index contributed by atoms with van der Waals surface area (Å²) in [6.45, 7) is 2.10. The van der Waals surface area contributed by atoms with Gasteiger partial charge in [-0.3, -0.25) is 0 Å². The Morgan fingerprint density at radius 2 is 2.06 bits per heavy atom. The summed E-state index contributed by atoms with van der Waals surface area (Å²) in [6.07, 6.45) is 1.63. The second-order valence-electron chi connectivity index (χ2n) is 3.81. The molecule has 0 bridgehead atoms. The van der Waals surface area contributed by atoms with Crippen LogP contribution in [0, 0.1) is 6.92 Å². The van der Waals surface area contributed by atoms with Gasteiger partial charge < -0.3 is 11.5 Å². The van der Waals surface area contributed by atoms with Gasteiger partial charge in [0, 0.05) is 9.75 Å². The third-order valence-corrected chi connectivity index (χ3v) is 3.34. The van der Waals surface area contributed by atoms with Crippen LogP contribution in [0.3, 0.4) is 0 Å². The lowest BCUT2D eigenvalue weighted by atomic mass is 10.1. The van der Waals surface area contributed by atoms with Gasteiger partial charge in [-0.05, 0) is 36.2 Å². The molecule has 4 N–H and O–H groups in total. The van der Waals surface area contributed by atoms with Crippen molar-refractivity contribution < 1.29 is 0 Å². The number of hydrogen-bond acceptors (Lipinski definition) is 3. The number of thiophene rings is 1. The zero-order valence-corrected chi connectivity index (χ0v) is 10.8. The molecule has 4 nitrogen and oxygen atoms in total. The summed E-state index contributed by atoms with van der Waals surface area (Å²) in [4.78, 5) is 2.54. The number of guanidine groups is 1. The SMILES string of the molecule is Cc1ccc(-c2cccc(C=NN=C(N)N)c2)s1. The average Bonchev–Trinajstić information content (AvgIpc) is 2.76. The third-order valence-electron chi connectivity index (χ3n) is 2.29. The van der Waals surface area contributed by atoms with Crippen LogP contribution in [0.25, 0.3) is 10.4 Å². The average molecular weight is 258 g/mol. The first-order valence-electron chi connectivity index (χ1n) is 5.44. The molecule has 0 radical (unpaired) electrons. The van der Waals surface area contributed by atoms with Crippen molar-refractivity contribution in [2.24, 2.45) is 21.7 Å². The fraction of sp³-hybridized carbons (Fsp3) is 0.0769. The summed E-state index contributed by atoms with van der Waals surface area (Å²) in [5.74, 6) is -0.0451. The van der Waals surface area contributed by atoms with Crippen molar-refractivity contribution >= 4 is 23.5 Å². The molecule has 0 amide bonds. The molecule has 18 heavy (non-hydrogen) atoms. The molecule has 0 atom stereocenters. The fourth-order valence-corrected chi connectivity index (χ4v) is 2.39. The normalized spacial score (nSPS) is 10.7. The maximum absolute atomic E-state index is 5.20. The van der Waals surface area contributed by atoms with E-state index in [1.165, 1.54) is 15.3 Å². The predicted molar refractivity (Wildman–Crippen MR) is 77.9 cm³/mol. The van der Waals surface area contributed by atoms with Crippen LogP contribution < -0.4 is 11.5 Å². The second kappa shape index (κ2) is 5.46. The molecule has 0 saturated heterocycles. The number of nitrogens with zero attached hydrogens (tertiary/aromatic N) is 2. The number of benzene rings is 1. The van der Waals surface area contributed by atoms with Crippen molar-refractivity contribution in [3.05, 3.63) is 46.8 Å². The first kappa shape index (κ1) is 12.3. The monoisotopic (exact) mass is 258 g/mol. The Hall–Kier alpha value is -2.14. The van der Waals surface area contributed by atoms with Crippen LogP contribution in [0.4, 0.5) is 0 Å². The minimum atomic E-state index is -0.0451. The van der Waals surface area contributed by atoms with Crippen LogP contribution in [0.5, 0.6) is 0 Å². The molecule has 0 spiro atoms. The van der Waals surface area contributed by atoms with Crippen LogP contribution in [0.2, 0.25) is 0 Å². The molecule has 92 valence electrons. The van der Waals surface area contributed by atoms with E-state index in [-0.39, 0.29) is 5.96 Å². The minimum absolute atomic E-state index is 0.0451. The zero-order chi connectivity index (χ0) is 13.0. The van der Waals surface area contributed by atoms with E-state index in [0.717, 1.165) is 5.56 Å². The Morgan fingerprint density at radius 1 is 1.22 bits per heavy atom. The van der Waals surface area contributed by atoms with Gasteiger partial charge in [0.15, 0.2) is 0 Å². The van der Waals surface area contributed by atoms with Crippen LogP contribution in [0.15, 0.2) is 46.6 Å². The molecule has 0 aliphatic heterocycles. The van der Waals surface area contributed by atoms with E-state index in [2.05, 4.69) is 41.4 Å². The van der Waals surface area contributed by atoms with E-state index >= 15 is 0 Å². The van der Waals surface area contributed by atoms with Gasteiger partial charge in [-0.25, -0.2) is 0 Å². The molecule has 0 unspecified atom stereocenters. The molecule has 1 heterocycles. The molecule has 0 aliphatic rings. The summed E-state index contributed by atoms with van der Waals surface area (Å²) < 4.78 is 0. The van der Waals surface area contributed by atoms with Gasteiger partial charge in [0.1, 0.15) is 0 Å². The Bertz CT molecular complexity index is 595. The molecular weight excluding hydrogens is 244 g/mol.